The van der Waals surface area contributed by atoms with Crippen LogP contribution in [0.25, 0.3) is 0 Å². The fourth-order valence-corrected chi connectivity index (χ4v) is 1.81. The number of benzene rings is 2. The summed E-state index contributed by atoms with van der Waals surface area (Å²) in [6.45, 7) is 0. The number of aromatic hydroxyl groups is 1. The van der Waals surface area contributed by atoms with Crippen LogP contribution in [0, 0.1) is 5.82 Å². The molecule has 0 radical (unpaired) electrons. The summed E-state index contributed by atoms with van der Waals surface area (Å²) in [5, 5.41) is 12.9. The molecule has 0 bridgehead atoms. The lowest BCUT2D eigenvalue weighted by Gasteiger charge is -2.01. The lowest BCUT2D eigenvalue weighted by molar-refractivity contribution is 0.0954. The highest BCUT2D eigenvalue weighted by molar-refractivity contribution is 9.10. The van der Waals surface area contributed by atoms with Gasteiger partial charge in [-0.25, -0.2) is 9.82 Å². The van der Waals surface area contributed by atoms with E-state index in [1.54, 1.807) is 12.1 Å². The fraction of sp³-hybridized carbons (Fsp3) is 0. The third-order valence-electron chi connectivity index (χ3n) is 2.44. The second kappa shape index (κ2) is 6.29. The van der Waals surface area contributed by atoms with Crippen molar-refractivity contribution in [2.75, 3.05) is 0 Å². The van der Waals surface area contributed by atoms with E-state index in [1.165, 1.54) is 36.5 Å². The zero-order chi connectivity index (χ0) is 14.5. The minimum Gasteiger partial charge on any atom is -0.508 e. The van der Waals surface area contributed by atoms with Gasteiger partial charge in [0.15, 0.2) is 0 Å². The molecule has 2 rings (SSSR count). The summed E-state index contributed by atoms with van der Waals surface area (Å²) in [7, 11) is 0. The van der Waals surface area contributed by atoms with Gasteiger partial charge in [0, 0.05) is 15.6 Å². The minimum absolute atomic E-state index is 0.0133. The van der Waals surface area contributed by atoms with Gasteiger partial charge in [-0.15, -0.1) is 0 Å². The number of hydrogen-bond donors (Lipinski definition) is 2. The third kappa shape index (κ3) is 3.64. The molecule has 0 saturated carbocycles. The standard InChI is InChI=1S/C14H10BrFN2O2/c15-11-5-4-10(13(16)7-11)8-17-18-14(20)9-2-1-3-12(19)6-9/h1-8,19H,(H,18,20)/b17-8-. The monoisotopic (exact) mass is 336 g/mol. The molecule has 2 aromatic rings. The molecule has 1 amide bonds. The molecule has 4 nitrogen and oxygen atoms in total. The number of phenolic OH excluding ortho intramolecular Hbond substituents is 1. The minimum atomic E-state index is -0.491. The van der Waals surface area contributed by atoms with Crippen molar-refractivity contribution in [3.8, 4) is 5.75 Å². The molecule has 0 fully saturated rings. The number of nitrogens with one attached hydrogen (secondary N) is 1. The Bertz CT molecular complexity index is 674. The van der Waals surface area contributed by atoms with E-state index in [2.05, 4.69) is 26.5 Å². The van der Waals surface area contributed by atoms with Gasteiger partial charge in [0.1, 0.15) is 11.6 Å². The summed E-state index contributed by atoms with van der Waals surface area (Å²) in [5.41, 5.74) is 2.77. The largest absolute Gasteiger partial charge is 0.508 e. The molecule has 0 heterocycles. The van der Waals surface area contributed by atoms with Crippen LogP contribution in [0.2, 0.25) is 0 Å². The van der Waals surface area contributed by atoms with Crippen LogP contribution < -0.4 is 5.43 Å². The summed E-state index contributed by atoms with van der Waals surface area (Å²) < 4.78 is 14.1. The van der Waals surface area contributed by atoms with Gasteiger partial charge in [0.05, 0.1) is 6.21 Å². The number of carbonyl (C=O) groups excluding carboxylic acids is 1. The highest BCUT2D eigenvalue weighted by Gasteiger charge is 2.04. The Morgan fingerprint density at radius 2 is 2.10 bits per heavy atom. The Kier molecular flexibility index (Phi) is 4.47. The second-order valence-corrected chi connectivity index (χ2v) is 4.83. The molecule has 0 unspecified atom stereocenters. The van der Waals surface area contributed by atoms with Crippen molar-refractivity contribution in [1.82, 2.24) is 5.43 Å². The molecule has 0 saturated heterocycles. The summed E-state index contributed by atoms with van der Waals surface area (Å²) in [5.74, 6) is -0.954. The lowest BCUT2D eigenvalue weighted by Crippen LogP contribution is -2.17. The van der Waals surface area contributed by atoms with E-state index in [-0.39, 0.29) is 16.9 Å². The van der Waals surface area contributed by atoms with Crippen LogP contribution in [0.5, 0.6) is 5.75 Å². The van der Waals surface area contributed by atoms with Crippen molar-refractivity contribution >= 4 is 28.1 Å². The third-order valence-corrected chi connectivity index (χ3v) is 2.93. The number of halogens is 2. The maximum Gasteiger partial charge on any atom is 0.271 e. The van der Waals surface area contributed by atoms with E-state index in [0.29, 0.717) is 4.47 Å². The predicted octanol–water partition coefficient (Wildman–Crippen LogP) is 3.06. The van der Waals surface area contributed by atoms with E-state index in [9.17, 15) is 14.3 Å². The predicted molar refractivity (Wildman–Crippen MR) is 77.3 cm³/mol. The van der Waals surface area contributed by atoms with Crippen LogP contribution in [0.4, 0.5) is 4.39 Å². The first-order valence-corrected chi connectivity index (χ1v) is 6.43. The Balaban J connectivity index is 2.04. The number of rotatable bonds is 3. The first-order chi connectivity index (χ1) is 9.56. The number of nitrogens with zero attached hydrogens (tertiary/aromatic N) is 1. The van der Waals surface area contributed by atoms with Crippen molar-refractivity contribution in [2.45, 2.75) is 0 Å². The summed E-state index contributed by atoms with van der Waals surface area (Å²) in [6.07, 6.45) is 1.21. The van der Waals surface area contributed by atoms with Crippen molar-refractivity contribution in [3.05, 3.63) is 63.9 Å². The average Bonchev–Trinajstić information content (AvgIpc) is 2.41. The maximum absolute atomic E-state index is 13.5. The van der Waals surface area contributed by atoms with E-state index >= 15 is 0 Å². The van der Waals surface area contributed by atoms with Gasteiger partial charge >= 0.3 is 0 Å². The van der Waals surface area contributed by atoms with E-state index in [1.807, 2.05) is 0 Å². The molecule has 2 N–H and O–H groups in total. The molecule has 0 spiro atoms. The quantitative estimate of drug-likeness (QED) is 0.668. The van der Waals surface area contributed by atoms with Crippen LogP contribution in [-0.4, -0.2) is 17.2 Å². The highest BCUT2D eigenvalue weighted by Crippen LogP contribution is 2.14. The van der Waals surface area contributed by atoms with Crippen LogP contribution in [0.1, 0.15) is 15.9 Å². The topological polar surface area (TPSA) is 61.7 Å². The smallest absolute Gasteiger partial charge is 0.271 e. The average molecular weight is 337 g/mol. The Hall–Kier alpha value is -2.21. The van der Waals surface area contributed by atoms with Crippen LogP contribution in [-0.2, 0) is 0 Å². The number of hydrogen-bond acceptors (Lipinski definition) is 3. The molecule has 0 aromatic heterocycles. The number of amides is 1. The van der Waals surface area contributed by atoms with Crippen LogP contribution in [0.3, 0.4) is 0 Å². The van der Waals surface area contributed by atoms with Crippen LogP contribution in [0.15, 0.2) is 52.0 Å². The molecule has 6 heteroatoms. The molecular weight excluding hydrogens is 327 g/mol. The first kappa shape index (κ1) is 14.2. The number of hydrazone groups is 1. The normalized spacial score (nSPS) is 10.7. The van der Waals surface area contributed by atoms with Gasteiger partial charge in [-0.3, -0.25) is 4.79 Å². The molecule has 20 heavy (non-hydrogen) atoms. The molecular formula is C14H10BrFN2O2. The summed E-state index contributed by atoms with van der Waals surface area (Å²) >= 11 is 3.15. The van der Waals surface area contributed by atoms with Gasteiger partial charge in [-0.1, -0.05) is 22.0 Å². The van der Waals surface area contributed by atoms with Gasteiger partial charge < -0.3 is 5.11 Å². The number of phenols is 1. The van der Waals surface area contributed by atoms with E-state index < -0.39 is 11.7 Å². The number of carbonyl (C=O) groups is 1. The molecule has 102 valence electrons. The van der Waals surface area contributed by atoms with Gasteiger partial charge in [-0.2, -0.15) is 5.10 Å². The van der Waals surface area contributed by atoms with Crippen molar-refractivity contribution in [2.24, 2.45) is 5.10 Å². The second-order valence-electron chi connectivity index (χ2n) is 3.92. The summed E-state index contributed by atoms with van der Waals surface area (Å²) in [4.78, 5) is 11.7. The van der Waals surface area contributed by atoms with Gasteiger partial charge in [-0.05, 0) is 36.4 Å². The zero-order valence-corrected chi connectivity index (χ0v) is 11.8. The van der Waals surface area contributed by atoms with Crippen molar-refractivity contribution < 1.29 is 14.3 Å². The van der Waals surface area contributed by atoms with Gasteiger partial charge in [0.25, 0.3) is 5.91 Å². The van der Waals surface area contributed by atoms with Crippen LogP contribution >= 0.6 is 15.9 Å². The molecule has 0 aliphatic heterocycles. The molecule has 0 aliphatic rings. The maximum atomic E-state index is 13.5. The SMILES string of the molecule is O=C(N/N=C\c1ccc(Br)cc1F)c1cccc(O)c1. The molecule has 0 atom stereocenters. The molecule has 2 aromatic carbocycles. The van der Waals surface area contributed by atoms with Gasteiger partial charge in [0.2, 0.25) is 0 Å². The highest BCUT2D eigenvalue weighted by atomic mass is 79.9. The summed E-state index contributed by atoms with van der Waals surface area (Å²) in [6, 6.07) is 10.3. The zero-order valence-electron chi connectivity index (χ0n) is 10.2. The lowest BCUT2D eigenvalue weighted by atomic mass is 10.2. The Labute approximate surface area is 123 Å². The van der Waals surface area contributed by atoms with Crippen molar-refractivity contribution in [1.29, 1.82) is 0 Å². The Morgan fingerprint density at radius 1 is 1.30 bits per heavy atom. The first-order valence-electron chi connectivity index (χ1n) is 5.64. The molecule has 0 aliphatic carbocycles. The Morgan fingerprint density at radius 3 is 2.80 bits per heavy atom. The van der Waals surface area contributed by atoms with Crippen molar-refractivity contribution in [3.63, 3.8) is 0 Å². The fourth-order valence-electron chi connectivity index (χ4n) is 1.48. The van der Waals surface area contributed by atoms with E-state index in [0.717, 1.165) is 0 Å². The van der Waals surface area contributed by atoms with E-state index in [4.69, 9.17) is 0 Å².